The summed E-state index contributed by atoms with van der Waals surface area (Å²) in [5.41, 5.74) is -4.74. The number of benzene rings is 1. The van der Waals surface area contributed by atoms with Gasteiger partial charge in [0.2, 0.25) is 5.91 Å². The Balaban J connectivity index is 1.29. The van der Waals surface area contributed by atoms with Crippen LogP contribution in [0.25, 0.3) is 0 Å². The van der Waals surface area contributed by atoms with Crippen LogP contribution in [0.1, 0.15) is 63.2 Å². The first-order chi connectivity index (χ1) is 24.7. The summed E-state index contributed by atoms with van der Waals surface area (Å²) in [5.74, 6) is -5.14. The summed E-state index contributed by atoms with van der Waals surface area (Å²) in [4.78, 5) is 52.8. The Morgan fingerprint density at radius 3 is 2.44 bits per heavy atom. The number of carbonyl (C=O) groups excluding carboxylic acids is 3. The highest BCUT2D eigenvalue weighted by molar-refractivity contribution is 6.01. The van der Waals surface area contributed by atoms with E-state index in [-0.39, 0.29) is 48.6 Å². The molecule has 5 aliphatic carbocycles. The van der Waals surface area contributed by atoms with Gasteiger partial charge in [-0.2, -0.15) is 0 Å². The molecule has 52 heavy (non-hydrogen) atoms. The molecular formula is C38H52N2O12. The number of aliphatic carboxylic acids is 1. The summed E-state index contributed by atoms with van der Waals surface area (Å²) < 4.78 is 31.0. The molecule has 1 amide bonds. The molecule has 0 radical (unpaired) electrons. The number of amides is 1. The largest absolute Gasteiger partial charge is 0.481 e. The molecule has 14 heteroatoms. The first-order valence-corrected chi connectivity index (χ1v) is 18.4. The predicted molar refractivity (Wildman–Crippen MR) is 183 cm³/mol. The highest BCUT2D eigenvalue weighted by atomic mass is 16.6. The topological polar surface area (TPSA) is 190 Å². The van der Waals surface area contributed by atoms with Gasteiger partial charge < -0.3 is 44.3 Å². The number of aliphatic hydroxyl groups is 2. The fourth-order valence-electron chi connectivity index (χ4n) is 12.6. The first-order valence-electron chi connectivity index (χ1n) is 18.4. The zero-order valence-electron chi connectivity index (χ0n) is 30.7. The highest BCUT2D eigenvalue weighted by Crippen LogP contribution is 2.80. The number of likely N-dealkylation sites (N-methyl/N-ethyl adjacent to an activating group) is 1. The van der Waals surface area contributed by atoms with Gasteiger partial charge in [0.15, 0.2) is 0 Å². The number of anilines is 1. The van der Waals surface area contributed by atoms with Crippen molar-refractivity contribution >= 4 is 29.5 Å². The SMILES string of the molecule is CCN1C[C@]2(COC(=O)c3ccccc3NC(=O)C[C@@H](C)C(=O)O)CC[C@H](OC)[C@@]34[C@@H]5C[C@H]6[C@H](OC(C)=O)[C@@H]5[C@](O)(C[C@@H]6OC)[C@@](O)([C@@H](OC)[C@H]23)[C@@H]14. The van der Waals surface area contributed by atoms with E-state index in [1.807, 2.05) is 6.92 Å². The minimum Gasteiger partial charge on any atom is -0.481 e. The Kier molecular flexibility index (Phi) is 9.31. The molecule has 7 bridgehead atoms. The zero-order valence-corrected chi connectivity index (χ0v) is 30.7. The number of para-hydroxylation sites is 1. The van der Waals surface area contributed by atoms with E-state index in [0.717, 1.165) is 0 Å². The number of likely N-dealkylation sites (tertiary alicyclic amines) is 1. The van der Waals surface area contributed by atoms with Gasteiger partial charge in [0.25, 0.3) is 0 Å². The molecule has 1 saturated heterocycles. The van der Waals surface area contributed by atoms with E-state index in [2.05, 4.69) is 10.2 Å². The van der Waals surface area contributed by atoms with Crippen molar-refractivity contribution in [3.05, 3.63) is 29.8 Å². The van der Waals surface area contributed by atoms with E-state index in [4.69, 9.17) is 23.7 Å². The fraction of sp³-hybridized carbons (Fsp3) is 0.737. The summed E-state index contributed by atoms with van der Waals surface area (Å²) >= 11 is 0. The molecule has 14 nitrogen and oxygen atoms in total. The summed E-state index contributed by atoms with van der Waals surface area (Å²) in [6, 6.07) is 5.87. The lowest BCUT2D eigenvalue weighted by Gasteiger charge is -2.70. The second-order valence-electron chi connectivity index (χ2n) is 16.2. The van der Waals surface area contributed by atoms with Gasteiger partial charge in [-0.05, 0) is 43.9 Å². The van der Waals surface area contributed by atoms with Crippen LogP contribution in [0.2, 0.25) is 0 Å². The molecule has 1 aliphatic heterocycles. The third-order valence-electron chi connectivity index (χ3n) is 14.2. The molecule has 1 heterocycles. The maximum atomic E-state index is 14.0. The number of carboxylic acid groups (broad SMARTS) is 1. The monoisotopic (exact) mass is 728 g/mol. The maximum absolute atomic E-state index is 14.0. The van der Waals surface area contributed by atoms with Crippen LogP contribution in [0.3, 0.4) is 0 Å². The Hall–Kier alpha value is -3.14. The van der Waals surface area contributed by atoms with Gasteiger partial charge >= 0.3 is 17.9 Å². The average Bonchev–Trinajstić information content (AvgIpc) is 3.50. The van der Waals surface area contributed by atoms with Crippen LogP contribution in [0.4, 0.5) is 5.69 Å². The standard InChI is InChI=1S/C38H52N2O12/c1-7-40-17-35(18-51-33(45)21-10-8-9-11-24(21)39-27(42)14-19(2)32(43)44)13-12-26(49-5)37-23-15-22-25(48-4)16-36(46,28(23)29(22)52-20(3)41)38(47,34(37)40)31(50-6)30(35)37/h8-11,19,22-23,25-26,28-31,34,46-47H,7,12-18H2,1-6H3,(H,39,42)(H,43,44)/t19-,22-,23-,25+,26+,28-,29+,30-,31+,34+,35+,36-,37+,38-/m1/s1. The highest BCUT2D eigenvalue weighted by Gasteiger charge is 2.92. The van der Waals surface area contributed by atoms with Crippen LogP contribution in [-0.2, 0) is 38.1 Å². The predicted octanol–water partition coefficient (Wildman–Crippen LogP) is 2.10. The summed E-state index contributed by atoms with van der Waals surface area (Å²) in [6.45, 7) is 5.79. The molecule has 1 aromatic rings. The number of carbonyl (C=O) groups is 4. The number of methoxy groups -OCH3 is 3. The van der Waals surface area contributed by atoms with Crippen molar-refractivity contribution < 1.29 is 58.2 Å². The fourth-order valence-corrected chi connectivity index (χ4v) is 12.6. The molecular weight excluding hydrogens is 676 g/mol. The van der Waals surface area contributed by atoms with Gasteiger partial charge in [0, 0.05) is 76.2 Å². The summed E-state index contributed by atoms with van der Waals surface area (Å²) in [6.07, 6.45) is -0.719. The van der Waals surface area contributed by atoms with E-state index in [9.17, 15) is 34.5 Å². The lowest BCUT2D eigenvalue weighted by molar-refractivity contribution is -0.319. The molecule has 5 saturated carbocycles. The van der Waals surface area contributed by atoms with Crippen molar-refractivity contribution in [2.75, 3.05) is 46.3 Å². The van der Waals surface area contributed by atoms with E-state index in [1.54, 1.807) is 45.6 Å². The van der Waals surface area contributed by atoms with Crippen LogP contribution in [0, 0.1) is 40.4 Å². The number of rotatable bonds is 12. The number of hydrogen-bond donors (Lipinski definition) is 4. The van der Waals surface area contributed by atoms with Gasteiger partial charge in [-0.25, -0.2) is 4.79 Å². The van der Waals surface area contributed by atoms with Crippen LogP contribution in [0.15, 0.2) is 24.3 Å². The Labute approximate surface area is 303 Å². The van der Waals surface area contributed by atoms with Crippen LogP contribution >= 0.6 is 0 Å². The molecule has 6 aliphatic rings. The lowest BCUT2D eigenvalue weighted by Crippen LogP contribution is -2.82. The maximum Gasteiger partial charge on any atom is 0.340 e. The number of nitrogens with one attached hydrogen (secondary N) is 1. The quantitative estimate of drug-likeness (QED) is 0.229. The third kappa shape index (κ3) is 4.83. The Bertz CT molecular complexity index is 1620. The van der Waals surface area contributed by atoms with E-state index >= 15 is 0 Å². The summed E-state index contributed by atoms with van der Waals surface area (Å²) in [5, 5.41) is 38.6. The number of ether oxygens (including phenoxy) is 5. The van der Waals surface area contributed by atoms with Crippen LogP contribution < -0.4 is 5.32 Å². The van der Waals surface area contributed by atoms with Crippen molar-refractivity contribution in [1.29, 1.82) is 0 Å². The van der Waals surface area contributed by atoms with Crippen molar-refractivity contribution in [1.82, 2.24) is 4.90 Å². The minimum absolute atomic E-state index is 0.0283. The second-order valence-corrected chi connectivity index (χ2v) is 16.2. The van der Waals surface area contributed by atoms with Crippen molar-refractivity contribution in [2.24, 2.45) is 40.4 Å². The summed E-state index contributed by atoms with van der Waals surface area (Å²) in [7, 11) is 4.82. The van der Waals surface area contributed by atoms with Gasteiger partial charge in [-0.15, -0.1) is 0 Å². The van der Waals surface area contributed by atoms with Crippen molar-refractivity contribution in [3.63, 3.8) is 0 Å². The zero-order chi connectivity index (χ0) is 37.5. The van der Waals surface area contributed by atoms with Crippen molar-refractivity contribution in [3.8, 4) is 0 Å². The van der Waals surface area contributed by atoms with E-state index in [0.29, 0.717) is 32.4 Å². The molecule has 6 fully saturated rings. The number of fused-ring (bicyclic) bond motifs is 2. The minimum atomic E-state index is -1.83. The van der Waals surface area contributed by atoms with Gasteiger partial charge in [0.05, 0.1) is 48.1 Å². The molecule has 1 aromatic carbocycles. The Morgan fingerprint density at radius 1 is 1.08 bits per heavy atom. The molecule has 7 rings (SSSR count). The average molecular weight is 729 g/mol. The first kappa shape index (κ1) is 37.2. The molecule has 0 unspecified atom stereocenters. The van der Waals surface area contributed by atoms with Gasteiger partial charge in [-0.3, -0.25) is 19.3 Å². The number of hydrogen-bond acceptors (Lipinski definition) is 12. The molecule has 0 aromatic heterocycles. The molecule has 1 spiro atoms. The number of carboxylic acids is 1. The van der Waals surface area contributed by atoms with E-state index in [1.165, 1.54) is 13.8 Å². The number of esters is 2. The van der Waals surface area contributed by atoms with E-state index < -0.39 is 88.0 Å². The normalized spacial score (nSPS) is 43.0. The second kappa shape index (κ2) is 13.0. The number of nitrogens with zero attached hydrogens (tertiary/aromatic N) is 1. The molecule has 286 valence electrons. The van der Waals surface area contributed by atoms with Gasteiger partial charge in [0.1, 0.15) is 17.3 Å². The third-order valence-corrected chi connectivity index (χ3v) is 14.2. The van der Waals surface area contributed by atoms with Gasteiger partial charge in [-0.1, -0.05) is 26.0 Å². The molecule has 4 N–H and O–H groups in total. The van der Waals surface area contributed by atoms with Crippen molar-refractivity contribution in [2.45, 2.75) is 94.5 Å². The lowest BCUT2D eigenvalue weighted by atomic mass is 9.42. The number of piperidine rings is 1. The smallest absolute Gasteiger partial charge is 0.340 e. The Morgan fingerprint density at radius 2 is 1.81 bits per heavy atom. The van der Waals surface area contributed by atoms with Crippen LogP contribution in [0.5, 0.6) is 0 Å². The molecule has 14 atom stereocenters. The van der Waals surface area contributed by atoms with Crippen LogP contribution in [-0.4, -0.2) is 127 Å².